The molecule has 19 heavy (non-hydrogen) atoms. The molecule has 1 N–H and O–H groups in total. The van der Waals surface area contributed by atoms with Crippen molar-refractivity contribution in [1.82, 2.24) is 5.32 Å². The molecule has 0 bridgehead atoms. The topological polar surface area (TPSA) is 47.6 Å². The molecule has 1 fully saturated rings. The van der Waals surface area contributed by atoms with Crippen LogP contribution in [-0.2, 0) is 14.3 Å². The van der Waals surface area contributed by atoms with E-state index >= 15 is 0 Å². The maximum Gasteiger partial charge on any atom is 0.326 e. The molecule has 4 nitrogen and oxygen atoms in total. The van der Waals surface area contributed by atoms with Crippen molar-refractivity contribution in [3.8, 4) is 0 Å². The Morgan fingerprint density at radius 3 is 2.74 bits per heavy atom. The zero-order valence-corrected chi connectivity index (χ0v) is 12.8. The van der Waals surface area contributed by atoms with Crippen molar-refractivity contribution in [3.05, 3.63) is 0 Å². The summed E-state index contributed by atoms with van der Waals surface area (Å²) < 4.78 is 11.0. The SMILES string of the molecule is CCOC(=O)C(C)(CCOC1CCCC(C)C1)NC. The average Bonchev–Trinajstić information content (AvgIpc) is 2.39. The molecule has 1 rings (SSSR count). The first-order valence-corrected chi connectivity index (χ1v) is 7.49. The zero-order valence-electron chi connectivity index (χ0n) is 12.8. The normalized spacial score (nSPS) is 26.7. The second-order valence-corrected chi connectivity index (χ2v) is 5.82. The second kappa shape index (κ2) is 7.85. The molecule has 0 heterocycles. The predicted molar refractivity (Wildman–Crippen MR) is 76.1 cm³/mol. The molecule has 0 aliphatic heterocycles. The van der Waals surface area contributed by atoms with Gasteiger partial charge in [-0.15, -0.1) is 0 Å². The fourth-order valence-corrected chi connectivity index (χ4v) is 2.58. The Morgan fingerprint density at radius 2 is 2.16 bits per heavy atom. The molecule has 0 aromatic rings. The lowest BCUT2D eigenvalue weighted by molar-refractivity contribution is -0.151. The second-order valence-electron chi connectivity index (χ2n) is 5.82. The Morgan fingerprint density at radius 1 is 1.42 bits per heavy atom. The highest BCUT2D eigenvalue weighted by Gasteiger charge is 2.33. The third-order valence-corrected chi connectivity index (χ3v) is 4.12. The lowest BCUT2D eigenvalue weighted by Gasteiger charge is -2.30. The van der Waals surface area contributed by atoms with Gasteiger partial charge in [0, 0.05) is 6.61 Å². The molecule has 0 radical (unpaired) electrons. The summed E-state index contributed by atoms with van der Waals surface area (Å²) in [5.41, 5.74) is -0.643. The molecule has 1 aliphatic rings. The van der Waals surface area contributed by atoms with E-state index in [-0.39, 0.29) is 5.97 Å². The van der Waals surface area contributed by atoms with Crippen LogP contribution in [0.4, 0.5) is 0 Å². The molecule has 3 unspecified atom stereocenters. The van der Waals surface area contributed by atoms with Gasteiger partial charge in [-0.3, -0.25) is 4.79 Å². The van der Waals surface area contributed by atoms with Crippen LogP contribution >= 0.6 is 0 Å². The lowest BCUT2D eigenvalue weighted by atomic mass is 9.88. The van der Waals surface area contributed by atoms with Crippen LogP contribution < -0.4 is 5.32 Å². The Labute approximate surface area is 117 Å². The first-order valence-electron chi connectivity index (χ1n) is 7.49. The molecule has 0 saturated heterocycles. The summed E-state index contributed by atoms with van der Waals surface area (Å²) >= 11 is 0. The van der Waals surface area contributed by atoms with Crippen molar-refractivity contribution < 1.29 is 14.3 Å². The van der Waals surface area contributed by atoms with Crippen molar-refractivity contribution in [3.63, 3.8) is 0 Å². The van der Waals surface area contributed by atoms with Crippen molar-refractivity contribution >= 4 is 5.97 Å². The molecule has 3 atom stereocenters. The third kappa shape index (κ3) is 5.11. The minimum Gasteiger partial charge on any atom is -0.465 e. The van der Waals surface area contributed by atoms with E-state index in [0.717, 1.165) is 18.8 Å². The number of hydrogen-bond acceptors (Lipinski definition) is 4. The minimum absolute atomic E-state index is 0.196. The molecule has 0 aromatic heterocycles. The zero-order chi connectivity index (χ0) is 14.3. The van der Waals surface area contributed by atoms with Gasteiger partial charge in [-0.1, -0.05) is 19.8 Å². The van der Waals surface area contributed by atoms with Crippen LogP contribution in [0.1, 0.15) is 52.9 Å². The largest absolute Gasteiger partial charge is 0.465 e. The molecule has 1 saturated carbocycles. The Balaban J connectivity index is 2.34. The Hall–Kier alpha value is -0.610. The summed E-state index contributed by atoms with van der Waals surface area (Å²) in [7, 11) is 1.79. The molecular formula is C15H29NO3. The first kappa shape index (κ1) is 16.4. The standard InChI is InChI=1S/C15H29NO3/c1-5-18-14(17)15(3,16-4)9-10-19-13-8-6-7-12(2)11-13/h12-13,16H,5-11H2,1-4H3. The quantitative estimate of drug-likeness (QED) is 0.723. The van der Waals surface area contributed by atoms with Gasteiger partial charge in [0.25, 0.3) is 0 Å². The van der Waals surface area contributed by atoms with E-state index < -0.39 is 5.54 Å². The van der Waals surface area contributed by atoms with Crippen LogP contribution in [0.2, 0.25) is 0 Å². The van der Waals surface area contributed by atoms with Gasteiger partial charge in [0.1, 0.15) is 5.54 Å². The van der Waals surface area contributed by atoms with Crippen LogP contribution in [0.25, 0.3) is 0 Å². The van der Waals surface area contributed by atoms with E-state index in [1.54, 1.807) is 7.05 Å². The number of carbonyl (C=O) groups is 1. The van der Waals surface area contributed by atoms with Gasteiger partial charge in [-0.05, 0) is 46.1 Å². The van der Waals surface area contributed by atoms with Crippen LogP contribution in [-0.4, -0.2) is 37.9 Å². The number of carbonyl (C=O) groups excluding carboxylic acids is 1. The number of rotatable bonds is 7. The summed E-state index contributed by atoms with van der Waals surface area (Å²) in [6.45, 7) is 7.00. The van der Waals surface area contributed by atoms with Crippen molar-refractivity contribution in [2.45, 2.75) is 64.5 Å². The predicted octanol–water partition coefficient (Wildman–Crippen LogP) is 2.51. The highest BCUT2D eigenvalue weighted by molar-refractivity contribution is 5.80. The summed E-state index contributed by atoms with van der Waals surface area (Å²) in [4.78, 5) is 11.9. The van der Waals surface area contributed by atoms with Gasteiger partial charge in [0.2, 0.25) is 0 Å². The van der Waals surface area contributed by atoms with E-state index in [9.17, 15) is 4.79 Å². The first-order chi connectivity index (χ1) is 9.01. The summed E-state index contributed by atoms with van der Waals surface area (Å²) in [5.74, 6) is 0.567. The fourth-order valence-electron chi connectivity index (χ4n) is 2.58. The van der Waals surface area contributed by atoms with Crippen molar-refractivity contribution in [2.24, 2.45) is 5.92 Å². The van der Waals surface area contributed by atoms with E-state index in [0.29, 0.717) is 25.7 Å². The summed E-state index contributed by atoms with van der Waals surface area (Å²) in [6, 6.07) is 0. The van der Waals surface area contributed by atoms with Gasteiger partial charge in [-0.2, -0.15) is 0 Å². The highest BCUT2D eigenvalue weighted by atomic mass is 16.5. The molecule has 0 spiro atoms. The maximum absolute atomic E-state index is 11.9. The van der Waals surface area contributed by atoms with Gasteiger partial charge in [0.05, 0.1) is 12.7 Å². The molecule has 4 heteroatoms. The van der Waals surface area contributed by atoms with Gasteiger partial charge in [0.15, 0.2) is 0 Å². The molecule has 0 amide bonds. The van der Waals surface area contributed by atoms with Crippen LogP contribution in [0.5, 0.6) is 0 Å². The number of ether oxygens (including phenoxy) is 2. The van der Waals surface area contributed by atoms with Gasteiger partial charge in [-0.25, -0.2) is 0 Å². The number of hydrogen-bond donors (Lipinski definition) is 1. The van der Waals surface area contributed by atoms with E-state index in [4.69, 9.17) is 9.47 Å². The van der Waals surface area contributed by atoms with Crippen LogP contribution in [0.15, 0.2) is 0 Å². The average molecular weight is 271 g/mol. The Bertz CT molecular complexity index is 283. The smallest absolute Gasteiger partial charge is 0.326 e. The lowest BCUT2D eigenvalue weighted by Crippen LogP contribution is -2.49. The number of nitrogens with one attached hydrogen (secondary N) is 1. The van der Waals surface area contributed by atoms with E-state index in [2.05, 4.69) is 12.2 Å². The molecular weight excluding hydrogens is 242 g/mol. The number of esters is 1. The summed E-state index contributed by atoms with van der Waals surface area (Å²) in [6.07, 6.45) is 5.89. The Kier molecular flexibility index (Phi) is 6.80. The number of likely N-dealkylation sites (N-methyl/N-ethyl adjacent to an activating group) is 1. The fraction of sp³-hybridized carbons (Fsp3) is 0.933. The van der Waals surface area contributed by atoms with Crippen LogP contribution in [0, 0.1) is 5.92 Å². The summed E-state index contributed by atoms with van der Waals surface area (Å²) in [5, 5.41) is 3.05. The van der Waals surface area contributed by atoms with Gasteiger partial charge < -0.3 is 14.8 Å². The van der Waals surface area contributed by atoms with E-state index in [1.807, 2.05) is 13.8 Å². The van der Waals surface area contributed by atoms with Crippen molar-refractivity contribution in [2.75, 3.05) is 20.3 Å². The molecule has 112 valence electrons. The van der Waals surface area contributed by atoms with E-state index in [1.165, 1.54) is 12.8 Å². The van der Waals surface area contributed by atoms with Gasteiger partial charge >= 0.3 is 5.97 Å². The van der Waals surface area contributed by atoms with Crippen molar-refractivity contribution in [1.29, 1.82) is 0 Å². The van der Waals surface area contributed by atoms with Crippen LogP contribution in [0.3, 0.4) is 0 Å². The monoisotopic (exact) mass is 271 g/mol. The third-order valence-electron chi connectivity index (χ3n) is 4.12. The minimum atomic E-state index is -0.643. The maximum atomic E-state index is 11.9. The highest BCUT2D eigenvalue weighted by Crippen LogP contribution is 2.26. The molecule has 0 aromatic carbocycles. The molecule has 1 aliphatic carbocycles.